The number of hydrogen-bond acceptors (Lipinski definition) is 3. The van der Waals surface area contributed by atoms with Crippen molar-refractivity contribution in [3.8, 4) is 11.5 Å². The molecule has 0 unspecified atom stereocenters. The lowest BCUT2D eigenvalue weighted by atomic mass is 10.2. The molecule has 4 heteroatoms. The molecule has 1 aliphatic rings. The van der Waals surface area contributed by atoms with Crippen LogP contribution < -0.4 is 10.1 Å². The maximum atomic E-state index is 5.97. The minimum absolute atomic E-state index is 0.686. The summed E-state index contributed by atoms with van der Waals surface area (Å²) in [7, 11) is 0. The molecule has 1 fully saturated rings. The van der Waals surface area contributed by atoms with Gasteiger partial charge in [-0.1, -0.05) is 15.9 Å². The fourth-order valence-electron chi connectivity index (χ4n) is 2.00. The van der Waals surface area contributed by atoms with Crippen molar-refractivity contribution in [2.24, 2.45) is 0 Å². The van der Waals surface area contributed by atoms with E-state index in [1.165, 1.54) is 12.8 Å². The number of aryl methyl sites for hydroxylation is 1. The summed E-state index contributed by atoms with van der Waals surface area (Å²) in [6, 6.07) is 8.68. The number of rotatable bonds is 5. The van der Waals surface area contributed by atoms with E-state index < -0.39 is 0 Å². The van der Waals surface area contributed by atoms with Crippen LogP contribution in [-0.4, -0.2) is 11.0 Å². The van der Waals surface area contributed by atoms with E-state index in [1.807, 2.05) is 30.5 Å². The smallest absolute Gasteiger partial charge is 0.150 e. The van der Waals surface area contributed by atoms with Crippen molar-refractivity contribution in [3.63, 3.8) is 0 Å². The van der Waals surface area contributed by atoms with Crippen LogP contribution in [0.15, 0.2) is 41.1 Å². The Hall–Kier alpha value is -1.39. The van der Waals surface area contributed by atoms with Crippen LogP contribution in [0.25, 0.3) is 0 Å². The molecule has 3 rings (SSSR count). The first-order valence-corrected chi connectivity index (χ1v) is 7.62. The molecule has 1 aromatic heterocycles. The number of pyridine rings is 1. The van der Waals surface area contributed by atoms with Gasteiger partial charge in [-0.3, -0.25) is 4.98 Å². The topological polar surface area (TPSA) is 34.1 Å². The van der Waals surface area contributed by atoms with Gasteiger partial charge in [-0.25, -0.2) is 0 Å². The molecule has 0 amide bonds. The lowest BCUT2D eigenvalue weighted by Crippen LogP contribution is -2.15. The Bertz CT molecular complexity index is 611. The Morgan fingerprint density at radius 2 is 2.20 bits per heavy atom. The molecule has 1 aromatic carbocycles. The number of nitrogens with zero attached hydrogens (tertiary/aromatic N) is 1. The molecule has 0 bridgehead atoms. The second-order valence-corrected chi connectivity index (χ2v) is 6.01. The quantitative estimate of drug-likeness (QED) is 0.891. The lowest BCUT2D eigenvalue weighted by molar-refractivity contribution is 0.469. The van der Waals surface area contributed by atoms with Crippen LogP contribution in [0.3, 0.4) is 0 Å². The zero-order valence-corrected chi connectivity index (χ0v) is 13.0. The second kappa shape index (κ2) is 5.94. The maximum Gasteiger partial charge on any atom is 0.150 e. The highest BCUT2D eigenvalue weighted by Crippen LogP contribution is 2.28. The predicted octanol–water partition coefficient (Wildman–Crippen LogP) is 4.20. The van der Waals surface area contributed by atoms with Crippen molar-refractivity contribution < 1.29 is 4.74 Å². The number of nitrogens with one attached hydrogen (secondary N) is 1. The zero-order chi connectivity index (χ0) is 13.9. The summed E-state index contributed by atoms with van der Waals surface area (Å²) in [6.45, 7) is 2.88. The minimum Gasteiger partial charge on any atom is -0.455 e. The first-order valence-electron chi connectivity index (χ1n) is 6.82. The van der Waals surface area contributed by atoms with E-state index >= 15 is 0 Å². The van der Waals surface area contributed by atoms with Gasteiger partial charge in [0.15, 0.2) is 0 Å². The molecule has 1 saturated carbocycles. The molecule has 1 aliphatic carbocycles. The summed E-state index contributed by atoms with van der Waals surface area (Å²) in [5.74, 6) is 1.66. The van der Waals surface area contributed by atoms with Gasteiger partial charge in [-0.2, -0.15) is 0 Å². The van der Waals surface area contributed by atoms with Crippen molar-refractivity contribution in [1.29, 1.82) is 0 Å². The predicted molar refractivity (Wildman–Crippen MR) is 83.1 cm³/mol. The first-order chi connectivity index (χ1) is 9.72. The third kappa shape index (κ3) is 3.38. The van der Waals surface area contributed by atoms with Gasteiger partial charge in [0.2, 0.25) is 0 Å². The molecule has 1 N–H and O–H groups in total. The van der Waals surface area contributed by atoms with Gasteiger partial charge < -0.3 is 10.1 Å². The van der Waals surface area contributed by atoms with Gasteiger partial charge in [-0.05, 0) is 49.6 Å². The molecule has 2 aromatic rings. The normalized spacial score (nSPS) is 14.3. The molecule has 20 heavy (non-hydrogen) atoms. The van der Waals surface area contributed by atoms with Gasteiger partial charge in [0.25, 0.3) is 0 Å². The van der Waals surface area contributed by atoms with E-state index in [2.05, 4.69) is 33.2 Å². The Labute approximate surface area is 127 Å². The number of aromatic nitrogens is 1. The van der Waals surface area contributed by atoms with Gasteiger partial charge in [0.1, 0.15) is 11.5 Å². The van der Waals surface area contributed by atoms with Crippen LogP contribution in [0, 0.1) is 6.92 Å². The van der Waals surface area contributed by atoms with Crippen molar-refractivity contribution in [2.45, 2.75) is 32.4 Å². The van der Waals surface area contributed by atoms with Crippen molar-refractivity contribution in [2.75, 3.05) is 0 Å². The van der Waals surface area contributed by atoms with Crippen molar-refractivity contribution >= 4 is 15.9 Å². The second-order valence-electron chi connectivity index (χ2n) is 5.15. The molecule has 1 heterocycles. The largest absolute Gasteiger partial charge is 0.455 e. The van der Waals surface area contributed by atoms with Gasteiger partial charge in [0, 0.05) is 28.8 Å². The van der Waals surface area contributed by atoms with E-state index in [-0.39, 0.29) is 0 Å². The Balaban J connectivity index is 1.76. The average Bonchev–Trinajstić information content (AvgIpc) is 3.26. The van der Waals surface area contributed by atoms with Crippen LogP contribution in [-0.2, 0) is 6.54 Å². The lowest BCUT2D eigenvalue weighted by Gasteiger charge is -2.12. The standard InChI is InChI=1S/C16H17BrN2O/c1-11-8-14(4-5-15(11)17)20-16-10-18-7-6-12(16)9-19-13-2-3-13/h4-8,10,13,19H,2-3,9H2,1H3. The third-order valence-corrected chi connectivity index (χ3v) is 4.28. The summed E-state index contributed by atoms with van der Waals surface area (Å²) < 4.78 is 7.06. The van der Waals surface area contributed by atoms with E-state index in [4.69, 9.17) is 4.74 Å². The molecule has 104 valence electrons. The highest BCUT2D eigenvalue weighted by atomic mass is 79.9. The SMILES string of the molecule is Cc1cc(Oc2cnccc2CNC2CC2)ccc1Br. The molecule has 0 aliphatic heterocycles. The number of halogens is 1. The summed E-state index contributed by atoms with van der Waals surface area (Å²) in [5.41, 5.74) is 2.30. The Morgan fingerprint density at radius 1 is 1.35 bits per heavy atom. The van der Waals surface area contributed by atoms with E-state index in [0.29, 0.717) is 6.04 Å². The van der Waals surface area contributed by atoms with Crippen LogP contribution in [0.4, 0.5) is 0 Å². The first kappa shape index (κ1) is 13.6. The minimum atomic E-state index is 0.686. The summed E-state index contributed by atoms with van der Waals surface area (Å²) in [6.07, 6.45) is 6.16. The third-order valence-electron chi connectivity index (χ3n) is 3.39. The summed E-state index contributed by atoms with van der Waals surface area (Å²) in [4.78, 5) is 4.16. The Kier molecular flexibility index (Phi) is 4.03. The van der Waals surface area contributed by atoms with Crippen molar-refractivity contribution in [3.05, 3.63) is 52.3 Å². The van der Waals surface area contributed by atoms with Crippen molar-refractivity contribution in [1.82, 2.24) is 10.3 Å². The molecule has 0 saturated heterocycles. The van der Waals surface area contributed by atoms with Gasteiger partial charge in [-0.15, -0.1) is 0 Å². The molecule has 0 atom stereocenters. The van der Waals surface area contributed by atoms with E-state index in [1.54, 1.807) is 6.20 Å². The highest BCUT2D eigenvalue weighted by molar-refractivity contribution is 9.10. The van der Waals surface area contributed by atoms with E-state index in [9.17, 15) is 0 Å². The molecule has 3 nitrogen and oxygen atoms in total. The fourth-order valence-corrected chi connectivity index (χ4v) is 2.24. The fraction of sp³-hybridized carbons (Fsp3) is 0.312. The van der Waals surface area contributed by atoms with Crippen LogP contribution in [0.5, 0.6) is 11.5 Å². The number of ether oxygens (including phenoxy) is 1. The molecular formula is C16H17BrN2O. The van der Waals surface area contributed by atoms with Gasteiger partial charge >= 0.3 is 0 Å². The summed E-state index contributed by atoms with van der Waals surface area (Å²) >= 11 is 3.50. The van der Waals surface area contributed by atoms with Gasteiger partial charge in [0.05, 0.1) is 6.20 Å². The van der Waals surface area contributed by atoms with Crippen LogP contribution >= 0.6 is 15.9 Å². The molecule has 0 spiro atoms. The molecule has 0 radical (unpaired) electrons. The van der Waals surface area contributed by atoms with Crippen LogP contribution in [0.2, 0.25) is 0 Å². The summed E-state index contributed by atoms with van der Waals surface area (Å²) in [5, 5.41) is 3.50. The zero-order valence-electron chi connectivity index (χ0n) is 11.4. The number of hydrogen-bond donors (Lipinski definition) is 1. The Morgan fingerprint density at radius 3 is 2.95 bits per heavy atom. The molecular weight excluding hydrogens is 316 g/mol. The average molecular weight is 333 g/mol. The number of benzene rings is 1. The monoisotopic (exact) mass is 332 g/mol. The maximum absolute atomic E-state index is 5.97. The highest BCUT2D eigenvalue weighted by Gasteiger charge is 2.20. The van der Waals surface area contributed by atoms with Crippen LogP contribution in [0.1, 0.15) is 24.0 Å². The van der Waals surface area contributed by atoms with E-state index in [0.717, 1.165) is 33.6 Å².